The Balaban J connectivity index is 4.35. The van der Waals surface area contributed by atoms with Crippen LogP contribution in [0, 0.1) is 0 Å². The zero-order valence-electron chi connectivity index (χ0n) is 29.8. The van der Waals surface area contributed by atoms with Gasteiger partial charge in [0.25, 0.3) is 11.8 Å². The second kappa shape index (κ2) is 33.2. The lowest BCUT2D eigenvalue weighted by Crippen LogP contribution is -2.68. The first-order valence-corrected chi connectivity index (χ1v) is 19.4. The lowest BCUT2D eigenvalue weighted by Gasteiger charge is -2.24. The molecule has 0 aliphatic rings. The molecule has 0 bridgehead atoms. The first-order valence-electron chi connectivity index (χ1n) is 19.4. The van der Waals surface area contributed by atoms with Crippen LogP contribution in [0.3, 0.4) is 0 Å². The average Bonchev–Trinajstić information content (AvgIpc) is 3.03. The van der Waals surface area contributed by atoms with E-state index in [-0.39, 0.29) is 23.9 Å². The predicted octanol–water partition coefficient (Wildman–Crippen LogP) is 6.68. The first-order chi connectivity index (χ1) is 21.5. The van der Waals surface area contributed by atoms with Gasteiger partial charge in [-0.05, 0) is 38.6 Å². The third-order valence-electron chi connectivity index (χ3n) is 9.13. The van der Waals surface area contributed by atoms with Gasteiger partial charge >= 0.3 is 0 Å². The van der Waals surface area contributed by atoms with Crippen LogP contribution in [0.5, 0.6) is 0 Å². The Labute approximate surface area is 274 Å². The summed E-state index contributed by atoms with van der Waals surface area (Å²) in [6.45, 7) is 7.54. The second-order valence-electron chi connectivity index (χ2n) is 13.5. The number of hydrogen-bond donors (Lipinski definition) is 4. The van der Waals surface area contributed by atoms with Crippen LogP contribution in [0.25, 0.3) is 0 Å². The normalized spacial score (nSPS) is 12.8. The highest BCUT2D eigenvalue weighted by Crippen LogP contribution is 2.14. The summed E-state index contributed by atoms with van der Waals surface area (Å²) in [6.07, 6.45) is 33.3. The summed E-state index contributed by atoms with van der Waals surface area (Å²) in [4.78, 5) is 27.7. The molecule has 262 valence electrons. The van der Waals surface area contributed by atoms with Gasteiger partial charge in [-0.25, -0.2) is 0 Å². The second-order valence-corrected chi connectivity index (χ2v) is 13.5. The molecule has 2 amide bonds. The minimum absolute atomic E-state index is 0.00535. The van der Waals surface area contributed by atoms with Gasteiger partial charge in [0.2, 0.25) is 0 Å². The Morgan fingerprint density at radius 1 is 0.545 bits per heavy atom. The van der Waals surface area contributed by atoms with Gasteiger partial charge in [0.05, 0.1) is 0 Å². The van der Waals surface area contributed by atoms with E-state index in [2.05, 4.69) is 35.5 Å². The number of nitrogens with two attached hydrogens (primary N) is 1. The number of carbonyl (C=O) groups excluding carboxylic acids is 2. The summed E-state index contributed by atoms with van der Waals surface area (Å²) >= 11 is 0. The van der Waals surface area contributed by atoms with Crippen LogP contribution in [0.4, 0.5) is 0 Å². The van der Waals surface area contributed by atoms with Gasteiger partial charge in [-0.1, -0.05) is 142 Å². The number of hydrogen-bond acceptors (Lipinski definition) is 3. The van der Waals surface area contributed by atoms with Gasteiger partial charge < -0.3 is 27.4 Å². The van der Waals surface area contributed by atoms with E-state index in [1.54, 1.807) is 0 Å². The number of rotatable bonds is 34. The van der Waals surface area contributed by atoms with Crippen LogP contribution in [0.1, 0.15) is 187 Å². The topological polar surface area (TPSA) is 131 Å². The lowest BCUT2D eigenvalue weighted by atomic mass is 10.0. The summed E-state index contributed by atoms with van der Waals surface area (Å²) in [5.41, 5.74) is 13.7. The van der Waals surface area contributed by atoms with E-state index < -0.39 is 0 Å². The number of carbonyl (C=O) groups is 2. The molecule has 0 aliphatic heterocycles. The van der Waals surface area contributed by atoms with Crippen molar-refractivity contribution in [3.63, 3.8) is 0 Å². The van der Waals surface area contributed by atoms with Crippen LogP contribution in [0.15, 0.2) is 0 Å². The summed E-state index contributed by atoms with van der Waals surface area (Å²) < 4.78 is 0. The molecule has 0 aliphatic carbocycles. The van der Waals surface area contributed by atoms with Crippen molar-refractivity contribution >= 4 is 11.8 Å². The van der Waals surface area contributed by atoms with Crippen molar-refractivity contribution < 1.29 is 21.1 Å². The summed E-state index contributed by atoms with van der Waals surface area (Å²) in [5.74, 6) is 0.235. The summed E-state index contributed by atoms with van der Waals surface area (Å²) in [5, 5.41) is 2.99. The van der Waals surface area contributed by atoms with Crippen molar-refractivity contribution in [1.29, 1.82) is 0 Å². The molecule has 0 spiro atoms. The fourth-order valence-electron chi connectivity index (χ4n) is 6.01. The highest BCUT2D eigenvalue weighted by atomic mass is 16.2. The molecule has 44 heavy (non-hydrogen) atoms. The van der Waals surface area contributed by atoms with Crippen LogP contribution in [-0.4, -0.2) is 55.0 Å². The molecular weight excluding hydrogens is 546 g/mol. The maximum Gasteiger partial charge on any atom is 0.280 e. The molecule has 2 atom stereocenters. The van der Waals surface area contributed by atoms with Gasteiger partial charge in [-0.3, -0.25) is 9.59 Å². The molecule has 0 radical (unpaired) electrons. The molecule has 2 unspecified atom stereocenters. The highest BCUT2D eigenvalue weighted by Gasteiger charge is 2.23. The lowest BCUT2D eigenvalue weighted by molar-refractivity contribution is -0.407. The highest BCUT2D eigenvalue weighted by molar-refractivity contribution is 5.80. The molecule has 0 rings (SSSR count). The van der Waals surface area contributed by atoms with Crippen molar-refractivity contribution in [2.75, 3.05) is 26.2 Å². The zero-order valence-corrected chi connectivity index (χ0v) is 29.8. The maximum absolute atomic E-state index is 13.4. The van der Waals surface area contributed by atoms with Gasteiger partial charge in [-0.2, -0.15) is 0 Å². The Bertz CT molecular complexity index is 633. The van der Waals surface area contributed by atoms with Crippen molar-refractivity contribution in [3.8, 4) is 0 Å². The Kier molecular flexibility index (Phi) is 32.3. The van der Waals surface area contributed by atoms with E-state index in [9.17, 15) is 9.59 Å². The summed E-state index contributed by atoms with van der Waals surface area (Å²) in [7, 11) is 0. The maximum atomic E-state index is 13.4. The molecule has 9 N–H and O–H groups in total. The number of nitrogens with one attached hydrogen (secondary N) is 1. The van der Waals surface area contributed by atoms with Gasteiger partial charge in [-0.15, -0.1) is 0 Å². The third kappa shape index (κ3) is 27.2. The Hall–Kier alpha value is -1.18. The summed E-state index contributed by atoms with van der Waals surface area (Å²) in [6, 6.07) is -0.434. The van der Waals surface area contributed by atoms with E-state index in [0.717, 1.165) is 58.0 Å². The van der Waals surface area contributed by atoms with E-state index in [1.807, 2.05) is 0 Å². The smallest absolute Gasteiger partial charge is 0.280 e. The molecule has 0 aromatic rings. The zero-order chi connectivity index (χ0) is 32.5. The van der Waals surface area contributed by atoms with E-state index in [1.165, 1.54) is 128 Å². The molecule has 0 saturated carbocycles. The van der Waals surface area contributed by atoms with Gasteiger partial charge in [0, 0.05) is 32.5 Å². The van der Waals surface area contributed by atoms with E-state index in [0.29, 0.717) is 13.1 Å². The minimum Gasteiger partial charge on any atom is -0.351 e. The third-order valence-corrected chi connectivity index (χ3v) is 9.13. The molecule has 0 heterocycles. The van der Waals surface area contributed by atoms with Gasteiger partial charge in [0.15, 0.2) is 12.1 Å². The van der Waals surface area contributed by atoms with Crippen LogP contribution in [-0.2, 0) is 9.59 Å². The Morgan fingerprint density at radius 2 is 0.932 bits per heavy atom. The number of unbranched alkanes of at least 4 members (excludes halogenated alkanes) is 21. The van der Waals surface area contributed by atoms with Crippen molar-refractivity contribution in [2.45, 2.75) is 199 Å². The van der Waals surface area contributed by atoms with Crippen LogP contribution in [0.2, 0.25) is 0 Å². The van der Waals surface area contributed by atoms with E-state index >= 15 is 0 Å². The van der Waals surface area contributed by atoms with Crippen molar-refractivity contribution in [3.05, 3.63) is 0 Å². The van der Waals surface area contributed by atoms with Gasteiger partial charge in [0.1, 0.15) is 0 Å². The fourth-order valence-corrected chi connectivity index (χ4v) is 6.01. The standard InChI is InChI=1S/C37H77N5O2/c1-3-5-7-9-11-13-15-16-18-20-22-26-33-42(32-25-21-19-17-14-12-10-8-6-4-2)37(44)35(40)28-23-24-31-41-36(43)34(39)29-27-30-38/h34-35H,3-33,38-40H2,1-2H3,(H,41,43)/p+2. The predicted molar refractivity (Wildman–Crippen MR) is 188 cm³/mol. The van der Waals surface area contributed by atoms with Crippen molar-refractivity contribution in [2.24, 2.45) is 5.73 Å². The molecule has 7 nitrogen and oxygen atoms in total. The monoisotopic (exact) mass is 626 g/mol. The average molecular weight is 626 g/mol. The largest absolute Gasteiger partial charge is 0.351 e. The van der Waals surface area contributed by atoms with Crippen LogP contribution >= 0.6 is 0 Å². The first kappa shape index (κ1) is 42.8. The molecule has 0 fully saturated rings. The van der Waals surface area contributed by atoms with Crippen LogP contribution < -0.4 is 22.5 Å². The fraction of sp³-hybridized carbons (Fsp3) is 0.946. The number of amides is 2. The quantitative estimate of drug-likeness (QED) is 0.0595. The molecule has 0 saturated heterocycles. The van der Waals surface area contributed by atoms with Crippen molar-refractivity contribution in [1.82, 2.24) is 10.2 Å². The van der Waals surface area contributed by atoms with E-state index in [4.69, 9.17) is 5.73 Å². The molecule has 7 heteroatoms. The number of nitrogens with zero attached hydrogens (tertiary/aromatic N) is 1. The Morgan fingerprint density at radius 3 is 1.34 bits per heavy atom. The SMILES string of the molecule is CCCCCCCCCCCCCCN(CCCCCCCCCCCC)C(=O)C([NH3+])CCCCNC(=O)C([NH3+])CCCN. The minimum atomic E-state index is -0.236. The number of quaternary nitrogens is 2. The molecule has 0 aromatic carbocycles. The molecular formula is C37H79N5O2+2. The molecule has 0 aromatic heterocycles.